The fraction of sp³-hybridized carbons (Fsp3) is 0.471. The van der Waals surface area contributed by atoms with E-state index < -0.39 is 11.9 Å². The summed E-state index contributed by atoms with van der Waals surface area (Å²) in [6.07, 6.45) is 2.56. The maximum atomic E-state index is 12.3. The smallest absolute Gasteiger partial charge is 0.252 e. The number of carbonyl (C=O) groups is 3. The summed E-state index contributed by atoms with van der Waals surface area (Å²) in [7, 11) is 0. The highest BCUT2D eigenvalue weighted by Crippen LogP contribution is 2.30. The highest BCUT2D eigenvalue weighted by molar-refractivity contribution is 5.99. The van der Waals surface area contributed by atoms with E-state index in [9.17, 15) is 14.4 Å². The Kier molecular flexibility index (Phi) is 5.36. The first-order valence-corrected chi connectivity index (χ1v) is 7.93. The molecule has 1 fully saturated rings. The van der Waals surface area contributed by atoms with E-state index in [1.54, 1.807) is 24.3 Å². The van der Waals surface area contributed by atoms with E-state index in [0.717, 1.165) is 19.3 Å². The van der Waals surface area contributed by atoms with Crippen LogP contribution < -0.4 is 16.4 Å². The number of nitrogens with two attached hydrogens (primary N) is 1. The van der Waals surface area contributed by atoms with Gasteiger partial charge in [-0.1, -0.05) is 26.3 Å². The van der Waals surface area contributed by atoms with Crippen LogP contribution in [0.5, 0.6) is 0 Å². The number of carbonyl (C=O) groups excluding carboxylic acids is 3. The van der Waals surface area contributed by atoms with Crippen LogP contribution in [-0.4, -0.2) is 23.8 Å². The standard InChI is InChI=1S/C17H23N3O3/c1-3-10(2)14(15(18)21)20-17(23)12-5-4-6-13(9-12)19-16(22)11-7-8-11/h4-6,9-11,14H,3,7-8H2,1-2H3,(H2,18,21)(H,19,22)(H,20,23). The van der Waals surface area contributed by atoms with E-state index >= 15 is 0 Å². The number of hydrogen-bond acceptors (Lipinski definition) is 3. The van der Waals surface area contributed by atoms with Crippen molar-refractivity contribution in [3.8, 4) is 0 Å². The fourth-order valence-corrected chi connectivity index (χ4v) is 2.28. The Morgan fingerprint density at radius 1 is 1.30 bits per heavy atom. The minimum absolute atomic E-state index is 0.0165. The molecule has 0 saturated heterocycles. The van der Waals surface area contributed by atoms with E-state index in [4.69, 9.17) is 5.73 Å². The molecule has 2 rings (SSSR count). The molecular formula is C17H23N3O3. The largest absolute Gasteiger partial charge is 0.368 e. The molecule has 1 aromatic carbocycles. The van der Waals surface area contributed by atoms with Gasteiger partial charge in [-0.2, -0.15) is 0 Å². The second-order valence-corrected chi connectivity index (χ2v) is 6.08. The van der Waals surface area contributed by atoms with E-state index in [2.05, 4.69) is 10.6 Å². The van der Waals surface area contributed by atoms with Gasteiger partial charge in [0.25, 0.3) is 5.91 Å². The molecule has 1 aliphatic rings. The summed E-state index contributed by atoms with van der Waals surface area (Å²) in [6.45, 7) is 3.79. The first-order valence-electron chi connectivity index (χ1n) is 7.93. The van der Waals surface area contributed by atoms with Gasteiger partial charge in [-0.15, -0.1) is 0 Å². The topological polar surface area (TPSA) is 101 Å². The monoisotopic (exact) mass is 317 g/mol. The molecule has 0 aromatic heterocycles. The Hall–Kier alpha value is -2.37. The van der Waals surface area contributed by atoms with Crippen molar-refractivity contribution >= 4 is 23.4 Å². The van der Waals surface area contributed by atoms with Crippen molar-refractivity contribution in [3.05, 3.63) is 29.8 Å². The summed E-state index contributed by atoms with van der Waals surface area (Å²) in [4.78, 5) is 35.6. The predicted octanol–water partition coefficient (Wildman–Crippen LogP) is 1.66. The molecule has 124 valence electrons. The molecular weight excluding hydrogens is 294 g/mol. The molecule has 2 unspecified atom stereocenters. The van der Waals surface area contributed by atoms with Gasteiger partial charge in [0.15, 0.2) is 0 Å². The predicted molar refractivity (Wildman–Crippen MR) is 87.7 cm³/mol. The number of primary amides is 1. The molecule has 0 radical (unpaired) electrons. The van der Waals surface area contributed by atoms with Crippen molar-refractivity contribution in [1.29, 1.82) is 0 Å². The molecule has 1 aliphatic carbocycles. The molecule has 23 heavy (non-hydrogen) atoms. The van der Waals surface area contributed by atoms with Crippen LogP contribution in [0.4, 0.5) is 5.69 Å². The molecule has 3 amide bonds. The third kappa shape index (κ3) is 4.55. The molecule has 0 bridgehead atoms. The van der Waals surface area contributed by atoms with Crippen LogP contribution in [0.1, 0.15) is 43.5 Å². The first kappa shape index (κ1) is 17.0. The fourth-order valence-electron chi connectivity index (χ4n) is 2.28. The molecule has 4 N–H and O–H groups in total. The summed E-state index contributed by atoms with van der Waals surface area (Å²) >= 11 is 0. The summed E-state index contributed by atoms with van der Waals surface area (Å²) in [5, 5.41) is 5.47. The number of hydrogen-bond donors (Lipinski definition) is 3. The molecule has 1 aromatic rings. The van der Waals surface area contributed by atoms with E-state index in [0.29, 0.717) is 11.3 Å². The third-order valence-corrected chi connectivity index (χ3v) is 4.15. The third-order valence-electron chi connectivity index (χ3n) is 4.15. The van der Waals surface area contributed by atoms with Crippen molar-refractivity contribution in [3.63, 3.8) is 0 Å². The molecule has 0 aliphatic heterocycles. The molecule has 0 spiro atoms. The lowest BCUT2D eigenvalue weighted by molar-refractivity contribution is -0.121. The number of benzene rings is 1. The summed E-state index contributed by atoms with van der Waals surface area (Å²) in [5.74, 6) is -0.897. The van der Waals surface area contributed by atoms with Crippen molar-refractivity contribution in [2.75, 3.05) is 5.32 Å². The maximum absolute atomic E-state index is 12.3. The van der Waals surface area contributed by atoms with Gasteiger partial charge in [-0.3, -0.25) is 14.4 Å². The number of rotatable bonds is 7. The number of anilines is 1. The van der Waals surface area contributed by atoms with E-state index in [1.807, 2.05) is 13.8 Å². The molecule has 0 heterocycles. The Morgan fingerprint density at radius 3 is 2.57 bits per heavy atom. The summed E-state index contributed by atoms with van der Waals surface area (Å²) < 4.78 is 0. The second-order valence-electron chi connectivity index (χ2n) is 6.08. The molecule has 6 nitrogen and oxygen atoms in total. The maximum Gasteiger partial charge on any atom is 0.252 e. The van der Waals surface area contributed by atoms with Crippen molar-refractivity contribution < 1.29 is 14.4 Å². The normalized spacial score (nSPS) is 16.3. The quantitative estimate of drug-likeness (QED) is 0.713. The van der Waals surface area contributed by atoms with Gasteiger partial charge in [-0.05, 0) is 37.0 Å². The first-order chi connectivity index (χ1) is 10.9. The van der Waals surface area contributed by atoms with Crippen LogP contribution in [0.2, 0.25) is 0 Å². The Labute approximate surface area is 135 Å². The van der Waals surface area contributed by atoms with Crippen LogP contribution >= 0.6 is 0 Å². The van der Waals surface area contributed by atoms with Gasteiger partial charge >= 0.3 is 0 Å². The van der Waals surface area contributed by atoms with Gasteiger partial charge in [0.1, 0.15) is 6.04 Å². The average Bonchev–Trinajstić information content (AvgIpc) is 3.36. The lowest BCUT2D eigenvalue weighted by Gasteiger charge is -2.21. The van der Waals surface area contributed by atoms with E-state index in [1.165, 1.54) is 0 Å². The minimum atomic E-state index is -0.711. The second kappa shape index (κ2) is 7.26. The van der Waals surface area contributed by atoms with Gasteiger partial charge in [0, 0.05) is 17.2 Å². The highest BCUT2D eigenvalue weighted by atomic mass is 16.2. The summed E-state index contributed by atoms with van der Waals surface area (Å²) in [6, 6.07) is 5.95. The van der Waals surface area contributed by atoms with E-state index in [-0.39, 0.29) is 23.7 Å². The van der Waals surface area contributed by atoms with Crippen molar-refractivity contribution in [1.82, 2.24) is 5.32 Å². The van der Waals surface area contributed by atoms with Gasteiger partial charge in [0.05, 0.1) is 0 Å². The lowest BCUT2D eigenvalue weighted by atomic mass is 9.98. The van der Waals surface area contributed by atoms with Crippen LogP contribution in [0.3, 0.4) is 0 Å². The Balaban J connectivity index is 2.06. The highest BCUT2D eigenvalue weighted by Gasteiger charge is 2.29. The molecule has 2 atom stereocenters. The zero-order valence-corrected chi connectivity index (χ0v) is 13.5. The van der Waals surface area contributed by atoms with Crippen LogP contribution in [0.15, 0.2) is 24.3 Å². The Bertz CT molecular complexity index is 611. The van der Waals surface area contributed by atoms with Crippen LogP contribution in [-0.2, 0) is 9.59 Å². The van der Waals surface area contributed by atoms with Gasteiger partial charge in [-0.25, -0.2) is 0 Å². The average molecular weight is 317 g/mol. The zero-order valence-electron chi connectivity index (χ0n) is 13.5. The summed E-state index contributed by atoms with van der Waals surface area (Å²) in [5.41, 5.74) is 6.32. The zero-order chi connectivity index (χ0) is 17.0. The molecule has 6 heteroatoms. The molecule has 1 saturated carbocycles. The number of nitrogens with one attached hydrogen (secondary N) is 2. The Morgan fingerprint density at radius 2 is 2.00 bits per heavy atom. The van der Waals surface area contributed by atoms with Crippen molar-refractivity contribution in [2.24, 2.45) is 17.6 Å². The van der Waals surface area contributed by atoms with Crippen LogP contribution in [0.25, 0.3) is 0 Å². The van der Waals surface area contributed by atoms with Gasteiger partial charge < -0.3 is 16.4 Å². The SMILES string of the molecule is CCC(C)C(NC(=O)c1cccc(NC(=O)C2CC2)c1)C(N)=O. The van der Waals surface area contributed by atoms with Crippen molar-refractivity contribution in [2.45, 2.75) is 39.2 Å². The minimum Gasteiger partial charge on any atom is -0.368 e. The lowest BCUT2D eigenvalue weighted by Crippen LogP contribution is -2.48. The van der Waals surface area contributed by atoms with Crippen LogP contribution in [0, 0.1) is 11.8 Å². The number of amides is 3. The van der Waals surface area contributed by atoms with Gasteiger partial charge in [0.2, 0.25) is 11.8 Å².